The number of thiophene rings is 1. The van der Waals surface area contributed by atoms with Crippen LogP contribution in [0.25, 0.3) is 10.2 Å². The molecule has 2 aromatic heterocycles. The first-order valence-electron chi connectivity index (χ1n) is 9.06. The maximum absolute atomic E-state index is 12.6. The molecule has 0 saturated carbocycles. The van der Waals surface area contributed by atoms with Crippen molar-refractivity contribution >= 4 is 56.5 Å². The highest BCUT2D eigenvalue weighted by molar-refractivity contribution is 7.99. The topological polar surface area (TPSA) is 82.5 Å². The number of benzene rings is 1. The first-order chi connectivity index (χ1) is 14.1. The molecule has 7 nitrogen and oxygen atoms in total. The van der Waals surface area contributed by atoms with Crippen molar-refractivity contribution in [3.8, 4) is 11.5 Å². The van der Waals surface area contributed by atoms with E-state index in [4.69, 9.17) is 21.1 Å². The van der Waals surface area contributed by atoms with E-state index in [-0.39, 0.29) is 17.2 Å². The highest BCUT2D eigenvalue weighted by Gasteiger charge is 2.17. The minimum absolute atomic E-state index is 0.0821. The Morgan fingerprint density at radius 2 is 2.10 bits per heavy atom. The second-order valence-electron chi connectivity index (χ2n) is 6.24. The van der Waals surface area contributed by atoms with Crippen molar-refractivity contribution in [2.45, 2.75) is 25.0 Å². The molecule has 10 heteroatoms. The van der Waals surface area contributed by atoms with Crippen molar-refractivity contribution in [3.63, 3.8) is 0 Å². The molecule has 0 unspecified atom stereocenters. The largest absolute Gasteiger partial charge is 0.490 e. The summed E-state index contributed by atoms with van der Waals surface area (Å²) in [4.78, 5) is 29.6. The molecule has 4 rings (SSSR count). The zero-order chi connectivity index (χ0) is 20.4. The fourth-order valence-corrected chi connectivity index (χ4v) is 4.75. The van der Waals surface area contributed by atoms with E-state index < -0.39 is 0 Å². The highest BCUT2D eigenvalue weighted by Crippen LogP contribution is 2.37. The summed E-state index contributed by atoms with van der Waals surface area (Å²) in [6.45, 7) is 3.47. The number of anilines is 1. The molecule has 1 aliphatic rings. The van der Waals surface area contributed by atoms with E-state index in [0.717, 1.165) is 6.42 Å². The number of amides is 1. The number of nitrogens with one attached hydrogen (secondary N) is 1. The Kier molecular flexibility index (Phi) is 5.98. The van der Waals surface area contributed by atoms with Gasteiger partial charge in [-0.2, -0.15) is 0 Å². The molecular formula is C19H18ClN3O4S2. The van der Waals surface area contributed by atoms with E-state index in [0.29, 0.717) is 57.3 Å². The van der Waals surface area contributed by atoms with Crippen LogP contribution in [0.1, 0.15) is 13.3 Å². The van der Waals surface area contributed by atoms with Crippen LogP contribution in [0.3, 0.4) is 0 Å². The molecule has 0 fully saturated rings. The number of nitrogens with zero attached hydrogens (tertiary/aromatic N) is 2. The Labute approximate surface area is 180 Å². The number of halogens is 1. The van der Waals surface area contributed by atoms with E-state index in [1.807, 2.05) is 18.4 Å². The molecule has 0 spiro atoms. The van der Waals surface area contributed by atoms with Gasteiger partial charge in [-0.25, -0.2) is 4.98 Å². The van der Waals surface area contributed by atoms with Gasteiger partial charge in [0, 0.05) is 25.1 Å². The monoisotopic (exact) mass is 451 g/mol. The maximum Gasteiger partial charge on any atom is 0.272 e. The van der Waals surface area contributed by atoms with Gasteiger partial charge >= 0.3 is 0 Å². The summed E-state index contributed by atoms with van der Waals surface area (Å²) < 4.78 is 13.4. The van der Waals surface area contributed by atoms with Crippen molar-refractivity contribution in [2.24, 2.45) is 0 Å². The molecule has 1 N–H and O–H groups in total. The van der Waals surface area contributed by atoms with E-state index in [1.54, 1.807) is 16.7 Å². The molecule has 0 atom stereocenters. The lowest BCUT2D eigenvalue weighted by molar-refractivity contribution is -0.113. The van der Waals surface area contributed by atoms with E-state index in [9.17, 15) is 9.59 Å². The number of carbonyl (C=O) groups is 1. The maximum atomic E-state index is 12.6. The summed E-state index contributed by atoms with van der Waals surface area (Å²) in [5.74, 6) is 0.959. The number of aromatic nitrogens is 2. The van der Waals surface area contributed by atoms with E-state index >= 15 is 0 Å². The second kappa shape index (κ2) is 8.64. The van der Waals surface area contributed by atoms with Gasteiger partial charge in [0.1, 0.15) is 4.70 Å². The van der Waals surface area contributed by atoms with Crippen molar-refractivity contribution in [3.05, 3.63) is 39.0 Å². The third-order valence-electron chi connectivity index (χ3n) is 4.29. The van der Waals surface area contributed by atoms with Gasteiger partial charge in [0.2, 0.25) is 5.91 Å². The second-order valence-corrected chi connectivity index (χ2v) is 8.51. The molecule has 3 aromatic rings. The van der Waals surface area contributed by atoms with Crippen molar-refractivity contribution < 1.29 is 14.3 Å². The van der Waals surface area contributed by atoms with Crippen molar-refractivity contribution in [1.29, 1.82) is 0 Å². The average Bonchev–Trinajstić information content (AvgIpc) is 3.06. The SMILES string of the molecule is CCn1c(SCC(=O)Nc2cc3c(cc2Cl)OCCCO3)nc2ccsc2c1=O. The zero-order valence-electron chi connectivity index (χ0n) is 15.6. The molecule has 0 saturated heterocycles. The van der Waals surface area contributed by atoms with Crippen LogP contribution in [0.2, 0.25) is 5.02 Å². The van der Waals surface area contributed by atoms with Gasteiger partial charge in [0.25, 0.3) is 5.56 Å². The van der Waals surface area contributed by atoms with Crippen LogP contribution in [0.15, 0.2) is 33.5 Å². The third kappa shape index (κ3) is 4.22. The lowest BCUT2D eigenvalue weighted by Gasteiger charge is -2.13. The molecule has 0 aliphatic carbocycles. The van der Waals surface area contributed by atoms with Crippen LogP contribution in [-0.2, 0) is 11.3 Å². The summed E-state index contributed by atoms with van der Waals surface area (Å²) >= 11 is 8.87. The quantitative estimate of drug-likeness (QED) is 0.466. The molecule has 1 aromatic carbocycles. The van der Waals surface area contributed by atoms with E-state index in [2.05, 4.69) is 10.3 Å². The molecule has 1 aliphatic heterocycles. The van der Waals surface area contributed by atoms with Gasteiger partial charge in [-0.3, -0.25) is 14.2 Å². The minimum Gasteiger partial charge on any atom is -0.490 e. The summed E-state index contributed by atoms with van der Waals surface area (Å²) in [5, 5.41) is 5.52. The van der Waals surface area contributed by atoms with Gasteiger partial charge in [0.05, 0.1) is 35.2 Å². The normalized spacial score (nSPS) is 13.3. The number of thioether (sulfide) groups is 1. The Morgan fingerprint density at radius 3 is 2.86 bits per heavy atom. The van der Waals surface area contributed by atoms with Crippen molar-refractivity contribution in [1.82, 2.24) is 9.55 Å². The van der Waals surface area contributed by atoms with Crippen LogP contribution in [-0.4, -0.2) is 34.4 Å². The highest BCUT2D eigenvalue weighted by atomic mass is 35.5. The molecule has 1 amide bonds. The summed E-state index contributed by atoms with van der Waals surface area (Å²) in [5.41, 5.74) is 1.02. The predicted octanol–water partition coefficient (Wildman–Crippen LogP) is 4.02. The molecule has 29 heavy (non-hydrogen) atoms. The van der Waals surface area contributed by atoms with Crippen LogP contribution < -0.4 is 20.3 Å². The number of rotatable bonds is 5. The fourth-order valence-electron chi connectivity index (χ4n) is 2.91. The zero-order valence-corrected chi connectivity index (χ0v) is 18.0. The van der Waals surface area contributed by atoms with Crippen LogP contribution in [0.5, 0.6) is 11.5 Å². The van der Waals surface area contributed by atoms with Gasteiger partial charge in [-0.05, 0) is 18.4 Å². The van der Waals surface area contributed by atoms with Crippen LogP contribution >= 0.6 is 34.7 Å². The third-order valence-corrected chi connectivity index (χ3v) is 6.47. The minimum atomic E-state index is -0.256. The van der Waals surface area contributed by atoms with Gasteiger partial charge in [0.15, 0.2) is 16.7 Å². The Morgan fingerprint density at radius 1 is 1.34 bits per heavy atom. The number of hydrogen-bond acceptors (Lipinski definition) is 7. The van der Waals surface area contributed by atoms with Crippen LogP contribution in [0.4, 0.5) is 5.69 Å². The summed E-state index contributed by atoms with van der Waals surface area (Å²) in [6, 6.07) is 5.12. The van der Waals surface area contributed by atoms with Crippen molar-refractivity contribution in [2.75, 3.05) is 24.3 Å². The molecule has 0 bridgehead atoms. The first kappa shape index (κ1) is 20.1. The number of ether oxygens (including phenoxy) is 2. The van der Waals surface area contributed by atoms with E-state index in [1.165, 1.54) is 23.1 Å². The predicted molar refractivity (Wildman–Crippen MR) is 116 cm³/mol. The lowest BCUT2D eigenvalue weighted by atomic mass is 10.2. The number of fused-ring (bicyclic) bond motifs is 2. The van der Waals surface area contributed by atoms with Gasteiger partial charge in [-0.15, -0.1) is 11.3 Å². The Hall–Kier alpha value is -2.23. The molecule has 0 radical (unpaired) electrons. The number of hydrogen-bond donors (Lipinski definition) is 1. The summed E-state index contributed by atoms with van der Waals surface area (Å²) in [6.07, 6.45) is 0.783. The van der Waals surface area contributed by atoms with Crippen LogP contribution in [0, 0.1) is 0 Å². The van der Waals surface area contributed by atoms with Gasteiger partial charge < -0.3 is 14.8 Å². The number of carbonyl (C=O) groups excluding carboxylic acids is 1. The summed E-state index contributed by atoms with van der Waals surface area (Å²) in [7, 11) is 0. The fraction of sp³-hybridized carbons (Fsp3) is 0.316. The Balaban J connectivity index is 1.49. The average molecular weight is 452 g/mol. The lowest BCUT2D eigenvalue weighted by Crippen LogP contribution is -2.22. The van der Waals surface area contributed by atoms with Gasteiger partial charge in [-0.1, -0.05) is 23.4 Å². The molecule has 3 heterocycles. The molecule has 152 valence electrons. The smallest absolute Gasteiger partial charge is 0.272 e. The Bertz CT molecular complexity index is 1130. The molecular weight excluding hydrogens is 434 g/mol. The standard InChI is InChI=1S/C19H18ClN3O4S2/c1-2-23-18(25)17-12(4-7-28-17)22-19(23)29-10-16(24)21-13-9-15-14(8-11(13)20)26-5-3-6-27-15/h4,7-9H,2-3,5-6,10H2,1H3,(H,21,24). The first-order valence-corrected chi connectivity index (χ1v) is 11.3.